The zero-order valence-electron chi connectivity index (χ0n) is 12.9. The first-order valence-corrected chi connectivity index (χ1v) is 7.89. The summed E-state index contributed by atoms with van der Waals surface area (Å²) in [6.07, 6.45) is 0.941. The molecule has 1 fully saturated rings. The molecule has 1 saturated heterocycles. The monoisotopic (exact) mass is 341 g/mol. The van der Waals surface area contributed by atoms with E-state index in [4.69, 9.17) is 22.1 Å². The molecule has 1 aliphatic heterocycles. The van der Waals surface area contributed by atoms with E-state index in [2.05, 4.69) is 0 Å². The number of nitro groups is 1. The van der Waals surface area contributed by atoms with Gasteiger partial charge in [0, 0.05) is 24.2 Å². The van der Waals surface area contributed by atoms with Gasteiger partial charge in [-0.25, -0.2) is 0 Å². The van der Waals surface area contributed by atoms with Crippen LogP contribution in [0.5, 0.6) is 5.75 Å². The van der Waals surface area contributed by atoms with Gasteiger partial charge in [-0.3, -0.25) is 14.9 Å². The van der Waals surface area contributed by atoms with Crippen molar-refractivity contribution in [1.82, 2.24) is 4.90 Å². The highest BCUT2D eigenvalue weighted by Gasteiger charge is 2.28. The van der Waals surface area contributed by atoms with E-state index in [0.29, 0.717) is 25.6 Å². The summed E-state index contributed by atoms with van der Waals surface area (Å²) >= 11 is 5.76. The maximum absolute atomic E-state index is 12.4. The van der Waals surface area contributed by atoms with Crippen molar-refractivity contribution >= 4 is 23.2 Å². The van der Waals surface area contributed by atoms with E-state index < -0.39 is 11.0 Å². The lowest BCUT2D eigenvalue weighted by Crippen LogP contribution is -2.45. The van der Waals surface area contributed by atoms with E-state index in [1.807, 2.05) is 0 Å². The minimum Gasteiger partial charge on any atom is -0.474 e. The number of amides is 1. The van der Waals surface area contributed by atoms with Crippen LogP contribution in [0.25, 0.3) is 0 Å². The number of hydrogen-bond donors (Lipinski definition) is 1. The number of halogens is 1. The van der Waals surface area contributed by atoms with E-state index in [0.717, 1.165) is 12.8 Å². The molecule has 1 unspecified atom stereocenters. The van der Waals surface area contributed by atoms with Gasteiger partial charge in [-0.05, 0) is 44.4 Å². The van der Waals surface area contributed by atoms with Crippen molar-refractivity contribution in [3.05, 3.63) is 33.3 Å². The summed E-state index contributed by atoms with van der Waals surface area (Å²) in [4.78, 5) is 24.6. The molecular weight excluding hydrogens is 322 g/mol. The second kappa shape index (κ2) is 7.61. The van der Waals surface area contributed by atoms with Crippen LogP contribution in [0, 0.1) is 16.0 Å². The summed E-state index contributed by atoms with van der Waals surface area (Å²) in [5, 5.41) is 11.3. The van der Waals surface area contributed by atoms with Crippen molar-refractivity contribution < 1.29 is 14.5 Å². The van der Waals surface area contributed by atoms with Gasteiger partial charge in [0.05, 0.1) is 4.92 Å². The number of hydrogen-bond acceptors (Lipinski definition) is 5. The molecule has 1 amide bonds. The molecule has 0 bridgehead atoms. The molecule has 0 saturated carbocycles. The Hall–Kier alpha value is -1.86. The highest BCUT2D eigenvalue weighted by atomic mass is 35.5. The van der Waals surface area contributed by atoms with Crippen molar-refractivity contribution in [3.8, 4) is 5.75 Å². The number of nitrogens with two attached hydrogens (primary N) is 1. The predicted octanol–water partition coefficient (Wildman–Crippen LogP) is 2.21. The lowest BCUT2D eigenvalue weighted by Gasteiger charge is -2.33. The molecule has 7 nitrogen and oxygen atoms in total. The fraction of sp³-hybridized carbons (Fsp3) is 0.533. The predicted molar refractivity (Wildman–Crippen MR) is 86.6 cm³/mol. The molecular formula is C15H20ClN3O4. The maximum atomic E-state index is 12.4. The molecule has 1 atom stereocenters. The molecule has 2 N–H and O–H groups in total. The number of piperidine rings is 1. The van der Waals surface area contributed by atoms with E-state index in [1.54, 1.807) is 11.8 Å². The van der Waals surface area contributed by atoms with Crippen molar-refractivity contribution in [3.63, 3.8) is 0 Å². The highest BCUT2D eigenvalue weighted by Crippen LogP contribution is 2.31. The molecule has 8 heteroatoms. The molecule has 0 aliphatic carbocycles. The summed E-state index contributed by atoms with van der Waals surface area (Å²) in [6, 6.07) is 4.11. The zero-order valence-corrected chi connectivity index (χ0v) is 13.7. The number of carbonyl (C=O) groups is 1. The molecule has 1 heterocycles. The number of ether oxygens (including phenoxy) is 1. The van der Waals surface area contributed by atoms with Gasteiger partial charge in [-0.15, -0.1) is 0 Å². The normalized spacial score (nSPS) is 16.9. The number of benzene rings is 1. The summed E-state index contributed by atoms with van der Waals surface area (Å²) in [5.74, 6) is 0.314. The number of rotatable bonds is 5. The Morgan fingerprint density at radius 2 is 2.17 bits per heavy atom. The van der Waals surface area contributed by atoms with Crippen LogP contribution in [0.3, 0.4) is 0 Å². The first-order valence-electron chi connectivity index (χ1n) is 7.51. The molecule has 0 aromatic heterocycles. The SMILES string of the molecule is CC(Oc1ccc(Cl)cc1[N+](=O)[O-])C(=O)N1CCC(CN)CC1. The molecule has 1 aliphatic rings. The van der Waals surface area contributed by atoms with Gasteiger partial charge in [0.15, 0.2) is 11.9 Å². The Bertz CT molecular complexity index is 588. The Morgan fingerprint density at radius 3 is 2.74 bits per heavy atom. The molecule has 1 aromatic carbocycles. The van der Waals surface area contributed by atoms with Crippen LogP contribution < -0.4 is 10.5 Å². The third-order valence-electron chi connectivity index (χ3n) is 4.03. The van der Waals surface area contributed by atoms with E-state index in [1.165, 1.54) is 18.2 Å². The first kappa shape index (κ1) is 17.5. The molecule has 0 radical (unpaired) electrons. The number of nitro benzene ring substituents is 1. The van der Waals surface area contributed by atoms with Gasteiger partial charge >= 0.3 is 5.69 Å². The van der Waals surface area contributed by atoms with Crippen LogP contribution in [0.4, 0.5) is 5.69 Å². The minimum absolute atomic E-state index is 0.0390. The molecule has 126 valence electrons. The number of nitrogens with zero attached hydrogens (tertiary/aromatic N) is 2. The largest absolute Gasteiger partial charge is 0.474 e. The smallest absolute Gasteiger partial charge is 0.312 e. The van der Waals surface area contributed by atoms with Gasteiger partial charge < -0.3 is 15.4 Å². The van der Waals surface area contributed by atoms with Crippen molar-refractivity contribution in [2.24, 2.45) is 11.7 Å². The molecule has 0 spiro atoms. The lowest BCUT2D eigenvalue weighted by atomic mass is 9.97. The third kappa shape index (κ3) is 4.33. The quantitative estimate of drug-likeness (QED) is 0.654. The van der Waals surface area contributed by atoms with Crippen LogP contribution in [0.1, 0.15) is 19.8 Å². The molecule has 23 heavy (non-hydrogen) atoms. The summed E-state index contributed by atoms with van der Waals surface area (Å²) in [5.41, 5.74) is 5.39. The van der Waals surface area contributed by atoms with Crippen LogP contribution in [-0.2, 0) is 4.79 Å². The zero-order chi connectivity index (χ0) is 17.0. The van der Waals surface area contributed by atoms with Crippen molar-refractivity contribution in [2.45, 2.75) is 25.9 Å². The topological polar surface area (TPSA) is 98.7 Å². The molecule has 1 aromatic rings. The standard InChI is InChI=1S/C15H20ClN3O4/c1-10(15(20)18-6-4-11(9-17)5-7-18)23-14-3-2-12(16)8-13(14)19(21)22/h2-3,8,10-11H,4-7,9,17H2,1H3. The summed E-state index contributed by atoms with van der Waals surface area (Å²) in [7, 11) is 0. The minimum atomic E-state index is -0.802. The number of carbonyl (C=O) groups excluding carboxylic acids is 1. The van der Waals surface area contributed by atoms with Crippen molar-refractivity contribution in [1.29, 1.82) is 0 Å². The van der Waals surface area contributed by atoms with E-state index in [9.17, 15) is 14.9 Å². The average Bonchev–Trinajstić information content (AvgIpc) is 2.55. The van der Waals surface area contributed by atoms with Crippen molar-refractivity contribution in [2.75, 3.05) is 19.6 Å². The van der Waals surface area contributed by atoms with Crippen LogP contribution in [-0.4, -0.2) is 41.5 Å². The van der Waals surface area contributed by atoms with Gasteiger partial charge in [-0.2, -0.15) is 0 Å². The second-order valence-electron chi connectivity index (χ2n) is 5.63. The molecule has 2 rings (SSSR count). The third-order valence-corrected chi connectivity index (χ3v) is 4.26. The lowest BCUT2D eigenvalue weighted by molar-refractivity contribution is -0.386. The Morgan fingerprint density at radius 1 is 1.52 bits per heavy atom. The Balaban J connectivity index is 2.03. The van der Waals surface area contributed by atoms with Gasteiger partial charge in [-0.1, -0.05) is 11.6 Å². The first-order chi connectivity index (χ1) is 10.9. The fourth-order valence-corrected chi connectivity index (χ4v) is 2.79. The van der Waals surface area contributed by atoms with Crippen LogP contribution in [0.2, 0.25) is 5.02 Å². The fourth-order valence-electron chi connectivity index (χ4n) is 2.62. The number of likely N-dealkylation sites (tertiary alicyclic amines) is 1. The highest BCUT2D eigenvalue weighted by molar-refractivity contribution is 6.30. The van der Waals surface area contributed by atoms with Crippen LogP contribution >= 0.6 is 11.6 Å². The Kier molecular flexibility index (Phi) is 5.79. The average molecular weight is 342 g/mol. The van der Waals surface area contributed by atoms with Crippen LogP contribution in [0.15, 0.2) is 18.2 Å². The second-order valence-corrected chi connectivity index (χ2v) is 6.07. The van der Waals surface area contributed by atoms with Gasteiger partial charge in [0.25, 0.3) is 5.91 Å². The van der Waals surface area contributed by atoms with Gasteiger partial charge in [0.1, 0.15) is 0 Å². The summed E-state index contributed by atoms with van der Waals surface area (Å²) < 4.78 is 5.51. The summed E-state index contributed by atoms with van der Waals surface area (Å²) in [6.45, 7) is 3.50. The van der Waals surface area contributed by atoms with Gasteiger partial charge in [0.2, 0.25) is 0 Å². The van der Waals surface area contributed by atoms with E-state index >= 15 is 0 Å². The maximum Gasteiger partial charge on any atom is 0.312 e. The Labute approximate surface area is 139 Å². The van der Waals surface area contributed by atoms with E-state index in [-0.39, 0.29) is 22.4 Å².